The number of nitrogens with zero attached hydrogens (tertiary/aromatic N) is 1. The topological polar surface area (TPSA) is 60.0 Å². The van der Waals surface area contributed by atoms with E-state index >= 15 is 0 Å². The fourth-order valence-electron chi connectivity index (χ4n) is 4.15. The van der Waals surface area contributed by atoms with Crippen molar-refractivity contribution in [3.8, 4) is 11.5 Å². The van der Waals surface area contributed by atoms with Crippen molar-refractivity contribution in [2.24, 2.45) is 0 Å². The third kappa shape index (κ3) is 4.73. The zero-order chi connectivity index (χ0) is 22.3. The SMILES string of the molecule is C[C@@H](NCC1CN(c2ccc3c(c2)OC(F)(F)O3)C(=O)CO1)c1cccc2ccccc12.Cl. The molecule has 0 spiro atoms. The maximum absolute atomic E-state index is 13.3. The second kappa shape index (κ2) is 9.13. The van der Waals surface area contributed by atoms with Gasteiger partial charge in [-0.3, -0.25) is 4.79 Å². The molecule has 6 nitrogen and oxygen atoms in total. The number of nitrogens with one attached hydrogen (secondary N) is 1. The van der Waals surface area contributed by atoms with Gasteiger partial charge in [0.2, 0.25) is 0 Å². The summed E-state index contributed by atoms with van der Waals surface area (Å²) in [5, 5.41) is 5.86. The summed E-state index contributed by atoms with van der Waals surface area (Å²) in [6.07, 6.45) is -3.95. The number of halogens is 3. The standard InChI is InChI=1S/C24H22F2N2O4.ClH/c1-15(19-8-4-6-16-5-2-3-7-20(16)19)27-12-18-13-28(23(29)14-30-18)17-9-10-21-22(11-17)32-24(25,26)31-21;/h2-11,15,18,27H,12-14H2,1H3;1H/t15-,18?;/m1./s1. The van der Waals surface area contributed by atoms with E-state index in [1.54, 1.807) is 6.07 Å². The Kier molecular flexibility index (Phi) is 6.43. The van der Waals surface area contributed by atoms with Crippen molar-refractivity contribution in [1.29, 1.82) is 0 Å². The van der Waals surface area contributed by atoms with Gasteiger partial charge >= 0.3 is 6.29 Å². The van der Waals surface area contributed by atoms with E-state index in [1.807, 2.05) is 18.2 Å². The lowest BCUT2D eigenvalue weighted by Crippen LogP contribution is -2.50. The average Bonchev–Trinajstić information content (AvgIpc) is 3.10. The van der Waals surface area contributed by atoms with Crippen molar-refractivity contribution in [1.82, 2.24) is 5.32 Å². The zero-order valence-electron chi connectivity index (χ0n) is 17.8. The number of carbonyl (C=O) groups is 1. The summed E-state index contributed by atoms with van der Waals surface area (Å²) >= 11 is 0. The van der Waals surface area contributed by atoms with Crippen LogP contribution in [0.4, 0.5) is 14.5 Å². The molecule has 5 rings (SSSR count). The van der Waals surface area contributed by atoms with Crippen molar-refractivity contribution < 1.29 is 27.8 Å². The highest BCUT2D eigenvalue weighted by Gasteiger charge is 2.43. The molecule has 0 aliphatic carbocycles. The molecule has 0 aromatic heterocycles. The van der Waals surface area contributed by atoms with Crippen LogP contribution in [-0.4, -0.2) is 38.0 Å². The number of morpholine rings is 1. The zero-order valence-corrected chi connectivity index (χ0v) is 18.6. The lowest BCUT2D eigenvalue weighted by molar-refractivity contribution is -0.286. The largest absolute Gasteiger partial charge is 0.586 e. The first-order chi connectivity index (χ1) is 15.4. The van der Waals surface area contributed by atoms with Gasteiger partial charge in [0.05, 0.1) is 12.6 Å². The van der Waals surface area contributed by atoms with Gasteiger partial charge in [-0.05, 0) is 35.4 Å². The van der Waals surface area contributed by atoms with Crippen molar-refractivity contribution in [3.05, 3.63) is 66.2 Å². The van der Waals surface area contributed by atoms with E-state index in [4.69, 9.17) is 4.74 Å². The monoisotopic (exact) mass is 476 g/mol. The maximum atomic E-state index is 13.3. The Balaban J connectivity index is 0.00000259. The first kappa shape index (κ1) is 23.2. The van der Waals surface area contributed by atoms with Crippen molar-refractivity contribution in [2.45, 2.75) is 25.4 Å². The fourth-order valence-corrected chi connectivity index (χ4v) is 4.15. The molecule has 0 saturated carbocycles. The Morgan fingerprint density at radius 3 is 2.70 bits per heavy atom. The third-order valence-electron chi connectivity index (χ3n) is 5.77. The number of fused-ring (bicyclic) bond motifs is 2. The maximum Gasteiger partial charge on any atom is 0.586 e. The molecule has 2 heterocycles. The van der Waals surface area contributed by atoms with E-state index in [2.05, 4.69) is 46.0 Å². The first-order valence-electron chi connectivity index (χ1n) is 10.4. The molecule has 2 atom stereocenters. The highest BCUT2D eigenvalue weighted by atomic mass is 35.5. The molecular formula is C24H23ClF2N2O4. The number of alkyl halides is 2. The fraction of sp³-hybridized carbons (Fsp3) is 0.292. The molecule has 1 N–H and O–H groups in total. The second-order valence-corrected chi connectivity index (χ2v) is 7.93. The highest BCUT2D eigenvalue weighted by molar-refractivity contribution is 5.95. The van der Waals surface area contributed by atoms with Gasteiger partial charge < -0.3 is 24.4 Å². The van der Waals surface area contributed by atoms with E-state index in [0.717, 1.165) is 0 Å². The Labute approximate surface area is 195 Å². The van der Waals surface area contributed by atoms with E-state index in [1.165, 1.54) is 33.4 Å². The number of carbonyl (C=O) groups excluding carboxylic acids is 1. The molecule has 2 aliphatic rings. The predicted octanol–water partition coefficient (Wildman–Crippen LogP) is 4.67. The molecule has 3 aromatic rings. The molecular weight excluding hydrogens is 454 g/mol. The van der Waals surface area contributed by atoms with Crippen LogP contribution in [0.5, 0.6) is 11.5 Å². The number of benzene rings is 3. The molecule has 1 unspecified atom stereocenters. The van der Waals surface area contributed by atoms with Gasteiger partial charge in [0.25, 0.3) is 5.91 Å². The van der Waals surface area contributed by atoms with Crippen molar-refractivity contribution in [3.63, 3.8) is 0 Å². The summed E-state index contributed by atoms with van der Waals surface area (Å²) < 4.78 is 41.3. The molecule has 1 saturated heterocycles. The van der Waals surface area contributed by atoms with Gasteiger partial charge in [-0.15, -0.1) is 21.2 Å². The van der Waals surface area contributed by atoms with Gasteiger partial charge in [-0.1, -0.05) is 42.5 Å². The van der Waals surface area contributed by atoms with Gasteiger partial charge in [0.15, 0.2) is 11.5 Å². The summed E-state index contributed by atoms with van der Waals surface area (Å²) in [4.78, 5) is 14.0. The van der Waals surface area contributed by atoms with Gasteiger partial charge in [0.1, 0.15) is 6.61 Å². The lowest BCUT2D eigenvalue weighted by Gasteiger charge is -2.33. The Hall–Kier alpha value is -2.94. The molecule has 174 valence electrons. The summed E-state index contributed by atoms with van der Waals surface area (Å²) in [7, 11) is 0. The van der Waals surface area contributed by atoms with Crippen LogP contribution in [0.2, 0.25) is 0 Å². The molecule has 3 aromatic carbocycles. The van der Waals surface area contributed by atoms with Crippen LogP contribution in [0.15, 0.2) is 60.7 Å². The summed E-state index contributed by atoms with van der Waals surface area (Å²) in [6.45, 7) is 2.83. The van der Waals surface area contributed by atoms with Gasteiger partial charge in [-0.2, -0.15) is 0 Å². The highest BCUT2D eigenvalue weighted by Crippen LogP contribution is 2.43. The van der Waals surface area contributed by atoms with Crippen LogP contribution in [0.25, 0.3) is 10.8 Å². The molecule has 9 heteroatoms. The minimum absolute atomic E-state index is 0. The van der Waals surface area contributed by atoms with Gasteiger partial charge in [0, 0.05) is 24.3 Å². The quantitative estimate of drug-likeness (QED) is 0.580. The number of ether oxygens (including phenoxy) is 3. The molecule has 1 fully saturated rings. The number of hydrogen-bond donors (Lipinski definition) is 1. The Bertz CT molecular complexity index is 1170. The lowest BCUT2D eigenvalue weighted by atomic mass is 9.99. The van der Waals surface area contributed by atoms with Crippen LogP contribution < -0.4 is 19.7 Å². The second-order valence-electron chi connectivity index (χ2n) is 7.93. The molecule has 0 bridgehead atoms. The molecule has 0 radical (unpaired) electrons. The molecule has 1 amide bonds. The molecule has 33 heavy (non-hydrogen) atoms. The van der Waals surface area contributed by atoms with E-state index < -0.39 is 6.29 Å². The van der Waals surface area contributed by atoms with Crippen LogP contribution in [0.3, 0.4) is 0 Å². The minimum Gasteiger partial charge on any atom is -0.395 e. The van der Waals surface area contributed by atoms with E-state index in [-0.39, 0.29) is 48.6 Å². The number of hydrogen-bond acceptors (Lipinski definition) is 5. The van der Waals surface area contributed by atoms with Crippen LogP contribution in [0, 0.1) is 0 Å². The summed E-state index contributed by atoms with van der Waals surface area (Å²) in [5.74, 6) is -0.387. The van der Waals surface area contributed by atoms with Crippen LogP contribution >= 0.6 is 12.4 Å². The molecule has 2 aliphatic heterocycles. The predicted molar refractivity (Wildman–Crippen MR) is 122 cm³/mol. The van der Waals surface area contributed by atoms with Crippen LogP contribution in [0.1, 0.15) is 18.5 Å². The number of anilines is 1. The summed E-state index contributed by atoms with van der Waals surface area (Å²) in [6, 6.07) is 18.9. The van der Waals surface area contributed by atoms with Crippen LogP contribution in [-0.2, 0) is 9.53 Å². The van der Waals surface area contributed by atoms with E-state index in [0.29, 0.717) is 18.8 Å². The number of amides is 1. The van der Waals surface area contributed by atoms with Crippen molar-refractivity contribution >= 4 is 34.8 Å². The average molecular weight is 477 g/mol. The Morgan fingerprint density at radius 2 is 1.85 bits per heavy atom. The third-order valence-corrected chi connectivity index (χ3v) is 5.77. The smallest absolute Gasteiger partial charge is 0.395 e. The first-order valence-corrected chi connectivity index (χ1v) is 10.4. The van der Waals surface area contributed by atoms with E-state index in [9.17, 15) is 13.6 Å². The normalized spacial score (nSPS) is 19.9. The van der Waals surface area contributed by atoms with Crippen molar-refractivity contribution in [2.75, 3.05) is 24.6 Å². The van der Waals surface area contributed by atoms with Gasteiger partial charge in [-0.25, -0.2) is 0 Å². The Morgan fingerprint density at radius 1 is 1.09 bits per heavy atom. The minimum atomic E-state index is -3.69. The summed E-state index contributed by atoms with van der Waals surface area (Å²) in [5.41, 5.74) is 1.65. The number of rotatable bonds is 5.